The lowest BCUT2D eigenvalue weighted by Gasteiger charge is -2.24. The summed E-state index contributed by atoms with van der Waals surface area (Å²) in [5.41, 5.74) is 2.33. The van der Waals surface area contributed by atoms with Gasteiger partial charge in [-0.2, -0.15) is 5.26 Å². The number of rotatable bonds is 7. The fraction of sp³-hybridized carbons (Fsp3) is 0.160. The topological polar surface area (TPSA) is 75.4 Å². The van der Waals surface area contributed by atoms with E-state index >= 15 is 0 Å². The molecule has 4 aromatic rings. The van der Waals surface area contributed by atoms with Crippen LogP contribution in [0.2, 0.25) is 0 Å². The molecule has 0 aliphatic carbocycles. The maximum absolute atomic E-state index is 13.5. The van der Waals surface area contributed by atoms with E-state index in [9.17, 15) is 4.79 Å². The third-order valence-electron chi connectivity index (χ3n) is 4.91. The van der Waals surface area contributed by atoms with Gasteiger partial charge in [-0.25, -0.2) is 4.98 Å². The number of amides is 1. The van der Waals surface area contributed by atoms with Crippen molar-refractivity contribution in [3.8, 4) is 17.6 Å². The van der Waals surface area contributed by atoms with E-state index in [0.29, 0.717) is 23.0 Å². The molecule has 0 saturated heterocycles. The number of hydrogen-bond donors (Lipinski definition) is 0. The van der Waals surface area contributed by atoms with Crippen molar-refractivity contribution in [2.75, 3.05) is 12.0 Å². The number of carbonyl (C=O) groups is 1. The van der Waals surface area contributed by atoms with E-state index in [-0.39, 0.29) is 5.91 Å². The quantitative estimate of drug-likeness (QED) is 0.394. The van der Waals surface area contributed by atoms with Crippen molar-refractivity contribution in [2.24, 2.45) is 0 Å². The third-order valence-corrected chi connectivity index (χ3v) is 5.95. The Morgan fingerprint density at radius 2 is 1.81 bits per heavy atom. The molecule has 1 heterocycles. The smallest absolute Gasteiger partial charge is 0.269 e. The summed E-state index contributed by atoms with van der Waals surface area (Å²) in [4.78, 5) is 19.8. The average molecular weight is 444 g/mol. The number of hydrogen-bond acceptors (Lipinski definition) is 6. The number of nitriles is 1. The number of ether oxygens (including phenoxy) is 2. The Morgan fingerprint density at radius 1 is 1.09 bits per heavy atom. The van der Waals surface area contributed by atoms with Gasteiger partial charge in [-0.1, -0.05) is 41.7 Å². The number of anilines is 1. The highest BCUT2D eigenvalue weighted by molar-refractivity contribution is 7.22. The highest BCUT2D eigenvalue weighted by atomic mass is 32.1. The Bertz CT molecular complexity index is 1260. The normalized spacial score (nSPS) is 11.5. The fourth-order valence-corrected chi connectivity index (χ4v) is 4.22. The second-order valence-electron chi connectivity index (χ2n) is 7.14. The SMILES string of the molecule is COc1ccc2nc(N(Cc3ccccc3)C(=O)C(C)Oc3ccc(C#N)cc3)sc2c1. The van der Waals surface area contributed by atoms with Gasteiger partial charge in [0.1, 0.15) is 11.5 Å². The first-order chi connectivity index (χ1) is 15.6. The summed E-state index contributed by atoms with van der Waals surface area (Å²) >= 11 is 1.43. The van der Waals surface area contributed by atoms with Gasteiger partial charge in [0.2, 0.25) is 0 Å². The molecular weight excluding hydrogens is 422 g/mol. The predicted molar refractivity (Wildman–Crippen MR) is 125 cm³/mol. The standard InChI is InChI=1S/C25H21N3O3S/c1-17(31-20-10-8-18(15-26)9-11-20)24(29)28(16-19-6-4-3-5-7-19)25-27-22-13-12-21(30-2)14-23(22)32-25/h3-14,17H,16H2,1-2H3. The molecule has 0 N–H and O–H groups in total. The van der Waals surface area contributed by atoms with Crippen molar-refractivity contribution in [2.45, 2.75) is 19.6 Å². The van der Waals surface area contributed by atoms with E-state index in [1.165, 1.54) is 11.3 Å². The van der Waals surface area contributed by atoms with Crippen molar-refractivity contribution >= 4 is 32.6 Å². The predicted octanol–water partition coefficient (Wildman–Crippen LogP) is 5.18. The average Bonchev–Trinajstić information content (AvgIpc) is 3.26. The first kappa shape index (κ1) is 21.3. The van der Waals surface area contributed by atoms with E-state index in [1.54, 1.807) is 43.2 Å². The van der Waals surface area contributed by atoms with E-state index in [1.807, 2.05) is 48.5 Å². The summed E-state index contributed by atoms with van der Waals surface area (Å²) in [6.45, 7) is 2.09. The Kier molecular flexibility index (Phi) is 6.34. The van der Waals surface area contributed by atoms with E-state index in [0.717, 1.165) is 21.5 Å². The highest BCUT2D eigenvalue weighted by Gasteiger charge is 2.26. The Labute approximate surface area is 190 Å². The zero-order valence-electron chi connectivity index (χ0n) is 17.7. The van der Waals surface area contributed by atoms with Crippen LogP contribution < -0.4 is 14.4 Å². The van der Waals surface area contributed by atoms with Crippen LogP contribution in [0.4, 0.5) is 5.13 Å². The molecule has 6 nitrogen and oxygen atoms in total. The summed E-state index contributed by atoms with van der Waals surface area (Å²) in [7, 11) is 1.62. The van der Waals surface area contributed by atoms with Crippen LogP contribution in [0.3, 0.4) is 0 Å². The number of fused-ring (bicyclic) bond motifs is 1. The molecule has 1 atom stereocenters. The molecule has 0 spiro atoms. The van der Waals surface area contributed by atoms with E-state index < -0.39 is 6.10 Å². The van der Waals surface area contributed by atoms with Gasteiger partial charge in [-0.05, 0) is 55.0 Å². The van der Waals surface area contributed by atoms with E-state index in [2.05, 4.69) is 6.07 Å². The summed E-state index contributed by atoms with van der Waals surface area (Å²) < 4.78 is 12.1. The van der Waals surface area contributed by atoms with Crippen LogP contribution in [-0.2, 0) is 11.3 Å². The van der Waals surface area contributed by atoms with Gasteiger partial charge in [0.25, 0.3) is 5.91 Å². The first-order valence-electron chi connectivity index (χ1n) is 10.0. The summed E-state index contributed by atoms with van der Waals surface area (Å²) in [5.74, 6) is 1.06. The number of benzene rings is 3. The molecule has 0 radical (unpaired) electrons. The largest absolute Gasteiger partial charge is 0.497 e. The molecule has 4 rings (SSSR count). The van der Waals surface area contributed by atoms with Crippen molar-refractivity contribution in [3.63, 3.8) is 0 Å². The number of aromatic nitrogens is 1. The zero-order valence-corrected chi connectivity index (χ0v) is 18.5. The highest BCUT2D eigenvalue weighted by Crippen LogP contribution is 2.33. The van der Waals surface area contributed by atoms with Gasteiger partial charge in [-0.15, -0.1) is 0 Å². The number of carbonyl (C=O) groups excluding carboxylic acids is 1. The zero-order chi connectivity index (χ0) is 22.5. The Morgan fingerprint density at radius 3 is 2.50 bits per heavy atom. The van der Waals surface area contributed by atoms with Gasteiger partial charge < -0.3 is 9.47 Å². The van der Waals surface area contributed by atoms with Crippen LogP contribution >= 0.6 is 11.3 Å². The molecule has 160 valence electrons. The minimum atomic E-state index is -0.742. The van der Waals surface area contributed by atoms with Crippen LogP contribution in [0.25, 0.3) is 10.2 Å². The lowest BCUT2D eigenvalue weighted by atomic mass is 10.2. The lowest BCUT2D eigenvalue weighted by Crippen LogP contribution is -2.40. The maximum atomic E-state index is 13.5. The van der Waals surface area contributed by atoms with Crippen molar-refractivity contribution in [3.05, 3.63) is 83.9 Å². The molecule has 32 heavy (non-hydrogen) atoms. The Balaban J connectivity index is 1.63. The minimum absolute atomic E-state index is 0.204. The summed E-state index contributed by atoms with van der Waals surface area (Å²) in [6.07, 6.45) is -0.742. The number of nitrogens with zero attached hydrogens (tertiary/aromatic N) is 3. The third kappa shape index (κ3) is 4.71. The second kappa shape index (κ2) is 9.50. The lowest BCUT2D eigenvalue weighted by molar-refractivity contribution is -0.124. The van der Waals surface area contributed by atoms with Crippen LogP contribution in [0, 0.1) is 11.3 Å². The number of thiazole rings is 1. The molecule has 3 aromatic carbocycles. The van der Waals surface area contributed by atoms with Gasteiger partial charge in [-0.3, -0.25) is 9.69 Å². The van der Waals surface area contributed by atoms with Crippen molar-refractivity contribution in [1.29, 1.82) is 5.26 Å². The van der Waals surface area contributed by atoms with Crippen LogP contribution in [0.15, 0.2) is 72.8 Å². The molecule has 0 fully saturated rings. The number of methoxy groups -OCH3 is 1. The molecule has 1 aromatic heterocycles. The molecule has 1 unspecified atom stereocenters. The van der Waals surface area contributed by atoms with Crippen LogP contribution in [-0.4, -0.2) is 24.1 Å². The fourth-order valence-electron chi connectivity index (χ4n) is 3.22. The second-order valence-corrected chi connectivity index (χ2v) is 8.15. The van der Waals surface area contributed by atoms with Gasteiger partial charge in [0.15, 0.2) is 11.2 Å². The molecule has 7 heteroatoms. The van der Waals surface area contributed by atoms with Crippen molar-refractivity contribution < 1.29 is 14.3 Å². The molecule has 1 amide bonds. The van der Waals surface area contributed by atoms with Gasteiger partial charge >= 0.3 is 0 Å². The maximum Gasteiger partial charge on any atom is 0.269 e. The minimum Gasteiger partial charge on any atom is -0.497 e. The van der Waals surface area contributed by atoms with Crippen LogP contribution in [0.1, 0.15) is 18.1 Å². The molecule has 0 aliphatic rings. The Hall–Kier alpha value is -3.89. The molecular formula is C25H21N3O3S. The first-order valence-corrected chi connectivity index (χ1v) is 10.9. The summed E-state index contributed by atoms with van der Waals surface area (Å²) in [5, 5.41) is 9.56. The molecule has 0 bridgehead atoms. The van der Waals surface area contributed by atoms with Crippen LogP contribution in [0.5, 0.6) is 11.5 Å². The van der Waals surface area contributed by atoms with E-state index in [4.69, 9.17) is 19.7 Å². The monoisotopic (exact) mass is 443 g/mol. The summed E-state index contributed by atoms with van der Waals surface area (Å²) in [6, 6.07) is 24.2. The van der Waals surface area contributed by atoms with Gasteiger partial charge in [0, 0.05) is 0 Å². The molecule has 0 saturated carbocycles. The van der Waals surface area contributed by atoms with Gasteiger partial charge in [0.05, 0.1) is 35.5 Å². The van der Waals surface area contributed by atoms with Crippen molar-refractivity contribution in [1.82, 2.24) is 4.98 Å². The molecule has 0 aliphatic heterocycles.